The number of thiazole rings is 1. The first-order chi connectivity index (χ1) is 18.1. The molecule has 3 unspecified atom stereocenters. The number of carbonyl (C=O) groups excluding carboxylic acids is 3. The number of ketones is 1. The second kappa shape index (κ2) is 10.9. The van der Waals surface area contributed by atoms with Crippen molar-refractivity contribution in [2.75, 3.05) is 26.0 Å². The van der Waals surface area contributed by atoms with Crippen molar-refractivity contribution in [3.05, 3.63) is 40.4 Å². The lowest BCUT2D eigenvalue weighted by atomic mass is 9.54. The molecule has 0 spiro atoms. The van der Waals surface area contributed by atoms with Crippen LogP contribution >= 0.6 is 11.3 Å². The van der Waals surface area contributed by atoms with Gasteiger partial charge < -0.3 is 10.1 Å². The summed E-state index contributed by atoms with van der Waals surface area (Å²) in [6.45, 7) is 4.43. The molecular weight excluding hydrogens is 498 g/mol. The number of carbonyl (C=O) groups is 3. The summed E-state index contributed by atoms with van der Waals surface area (Å²) >= 11 is 1.49. The van der Waals surface area contributed by atoms with Crippen molar-refractivity contribution in [1.29, 1.82) is 0 Å². The van der Waals surface area contributed by atoms with Crippen molar-refractivity contribution in [3.8, 4) is 5.75 Å². The molecule has 1 N–H and O–H groups in total. The van der Waals surface area contributed by atoms with Crippen LogP contribution in [-0.4, -0.2) is 48.2 Å². The molecule has 0 radical (unpaired) electrons. The fraction of sp³-hybridized carbons (Fsp3) is 0.600. The van der Waals surface area contributed by atoms with Gasteiger partial charge in [0.05, 0.1) is 6.54 Å². The van der Waals surface area contributed by atoms with Gasteiger partial charge in [0.2, 0.25) is 5.91 Å². The summed E-state index contributed by atoms with van der Waals surface area (Å²) in [5.41, 5.74) is 2.40. The van der Waals surface area contributed by atoms with Crippen LogP contribution < -0.4 is 10.1 Å². The number of aryl methyl sites for hydroxylation is 2. The number of amides is 1. The summed E-state index contributed by atoms with van der Waals surface area (Å²) in [6.07, 6.45) is 8.52. The molecule has 8 heteroatoms. The molecule has 0 saturated heterocycles. The lowest BCUT2D eigenvalue weighted by molar-refractivity contribution is -0.135. The molecule has 1 heterocycles. The highest BCUT2D eigenvalue weighted by atomic mass is 32.1. The molecule has 204 valence electrons. The topological polar surface area (TPSA) is 88.6 Å². The number of esters is 1. The minimum absolute atomic E-state index is 0.00151. The average molecular weight is 538 g/mol. The Morgan fingerprint density at radius 2 is 2.08 bits per heavy atom. The smallest absolute Gasteiger partial charge is 0.325 e. The summed E-state index contributed by atoms with van der Waals surface area (Å²) in [6, 6.07) is 6.14. The van der Waals surface area contributed by atoms with Crippen LogP contribution in [0.15, 0.2) is 24.4 Å². The Bertz CT molecular complexity index is 1220. The molecule has 5 atom stereocenters. The van der Waals surface area contributed by atoms with Crippen LogP contribution in [0.3, 0.4) is 0 Å². The van der Waals surface area contributed by atoms with Crippen molar-refractivity contribution < 1.29 is 19.1 Å². The molecule has 1 amide bonds. The normalized spacial score (nSPS) is 28.0. The highest BCUT2D eigenvalue weighted by molar-refractivity contribution is 7.15. The fourth-order valence-corrected chi connectivity index (χ4v) is 8.17. The zero-order valence-corrected chi connectivity index (χ0v) is 23.7. The van der Waals surface area contributed by atoms with Gasteiger partial charge in [0.1, 0.15) is 11.5 Å². The van der Waals surface area contributed by atoms with Gasteiger partial charge in [0.15, 0.2) is 5.13 Å². The number of aromatic nitrogens is 1. The van der Waals surface area contributed by atoms with E-state index in [9.17, 15) is 14.4 Å². The van der Waals surface area contributed by atoms with E-state index in [2.05, 4.69) is 23.3 Å². The van der Waals surface area contributed by atoms with Crippen LogP contribution in [-0.2, 0) is 20.8 Å². The average Bonchev–Trinajstić information content (AvgIpc) is 3.37. The summed E-state index contributed by atoms with van der Waals surface area (Å²) in [4.78, 5) is 45.0. The first kappa shape index (κ1) is 27.0. The Kier molecular flexibility index (Phi) is 7.74. The van der Waals surface area contributed by atoms with E-state index in [4.69, 9.17) is 4.74 Å². The molecule has 2 fully saturated rings. The molecular formula is C30H39N3O4S. The quantitative estimate of drug-likeness (QED) is 0.359. The van der Waals surface area contributed by atoms with E-state index < -0.39 is 0 Å². The highest BCUT2D eigenvalue weighted by Gasteiger charge is 2.58. The molecule has 3 aliphatic rings. The molecule has 1 aromatic carbocycles. The zero-order valence-electron chi connectivity index (χ0n) is 22.9. The lowest BCUT2D eigenvalue weighted by Gasteiger charge is -2.50. The number of nitrogens with zero attached hydrogens (tertiary/aromatic N) is 2. The van der Waals surface area contributed by atoms with Gasteiger partial charge in [-0.3, -0.25) is 19.3 Å². The molecule has 1 aromatic heterocycles. The van der Waals surface area contributed by atoms with E-state index in [1.807, 2.05) is 33.2 Å². The Labute approximate surface area is 229 Å². The van der Waals surface area contributed by atoms with Crippen molar-refractivity contribution in [2.45, 2.75) is 71.1 Å². The predicted molar refractivity (Wildman–Crippen MR) is 148 cm³/mol. The Morgan fingerprint density at radius 3 is 2.82 bits per heavy atom. The number of hydrogen-bond donors (Lipinski definition) is 1. The van der Waals surface area contributed by atoms with Gasteiger partial charge in [-0.15, -0.1) is 11.3 Å². The van der Waals surface area contributed by atoms with E-state index in [1.165, 1.54) is 22.5 Å². The van der Waals surface area contributed by atoms with Crippen LogP contribution in [0.1, 0.15) is 73.8 Å². The van der Waals surface area contributed by atoms with Gasteiger partial charge in [0.25, 0.3) is 0 Å². The van der Waals surface area contributed by atoms with E-state index in [-0.39, 0.29) is 23.8 Å². The summed E-state index contributed by atoms with van der Waals surface area (Å²) < 4.78 is 5.58. The number of likely N-dealkylation sites (N-methyl/N-ethyl adjacent to an activating group) is 1. The molecule has 3 aliphatic carbocycles. The molecule has 7 nitrogen and oxygen atoms in total. The van der Waals surface area contributed by atoms with Crippen molar-refractivity contribution in [1.82, 2.24) is 9.88 Å². The van der Waals surface area contributed by atoms with Crippen molar-refractivity contribution in [2.24, 2.45) is 23.2 Å². The van der Waals surface area contributed by atoms with Gasteiger partial charge >= 0.3 is 5.97 Å². The van der Waals surface area contributed by atoms with E-state index in [0.29, 0.717) is 53.2 Å². The standard InChI is InChI=1S/C30H39N3O4S/c1-18-16-31-29(38-18)32-26(35)7-5-6-20-15-25(34)30(2)13-12-23-22-11-9-21(37-27(36)17-33(3)4)14-19(22)8-10-24(23)28(20)30/h9,11,14,16,20,23-24,28H,5-8,10,12-13,15,17H2,1-4H3,(H,31,32,35)/t20-,23?,24?,28?,30-/m1/s1. The maximum Gasteiger partial charge on any atom is 0.325 e. The number of rotatable bonds is 8. The summed E-state index contributed by atoms with van der Waals surface area (Å²) in [7, 11) is 3.70. The maximum absolute atomic E-state index is 13.3. The number of Topliss-reactive ketones (excluding diaryl/α,β-unsaturated/α-hetero) is 1. The molecule has 38 heavy (non-hydrogen) atoms. The number of fused-ring (bicyclic) bond motifs is 5. The SMILES string of the molecule is Cc1cnc(NC(=O)CCC[C@@H]2CC(=O)[C@@]3(C)CCC4c5ccc(OC(=O)CN(C)C)cc5CCC4C23)s1. The third-order valence-electron chi connectivity index (χ3n) is 9.07. The number of benzene rings is 1. The fourth-order valence-electron chi connectivity index (χ4n) is 7.49. The first-order valence-corrected chi connectivity index (χ1v) is 14.7. The van der Waals surface area contributed by atoms with E-state index in [0.717, 1.165) is 43.4 Å². The molecule has 5 rings (SSSR count). The Morgan fingerprint density at radius 1 is 1.26 bits per heavy atom. The predicted octanol–water partition coefficient (Wildman–Crippen LogP) is 5.38. The van der Waals surface area contributed by atoms with Crippen LogP contribution in [0.4, 0.5) is 5.13 Å². The van der Waals surface area contributed by atoms with Gasteiger partial charge in [-0.2, -0.15) is 0 Å². The lowest BCUT2D eigenvalue weighted by Crippen LogP contribution is -2.44. The third-order valence-corrected chi connectivity index (χ3v) is 9.89. The van der Waals surface area contributed by atoms with Crippen LogP contribution in [0.25, 0.3) is 0 Å². The van der Waals surface area contributed by atoms with E-state index in [1.54, 1.807) is 11.1 Å². The molecule has 0 aliphatic heterocycles. The largest absolute Gasteiger partial charge is 0.426 e. The Balaban J connectivity index is 1.25. The van der Waals surface area contributed by atoms with Gasteiger partial charge in [-0.1, -0.05) is 13.0 Å². The van der Waals surface area contributed by atoms with Crippen LogP contribution in [0.2, 0.25) is 0 Å². The maximum atomic E-state index is 13.3. The van der Waals surface area contributed by atoms with Crippen molar-refractivity contribution >= 4 is 34.1 Å². The summed E-state index contributed by atoms with van der Waals surface area (Å²) in [5.74, 6) is 2.41. The molecule has 0 bridgehead atoms. The second-order valence-electron chi connectivity index (χ2n) is 12.0. The second-order valence-corrected chi connectivity index (χ2v) is 13.2. The monoisotopic (exact) mass is 537 g/mol. The van der Waals surface area contributed by atoms with E-state index >= 15 is 0 Å². The number of hydrogen-bond acceptors (Lipinski definition) is 7. The van der Waals surface area contributed by atoms with Gasteiger partial charge in [-0.25, -0.2) is 4.98 Å². The Hall–Kier alpha value is -2.58. The highest BCUT2D eigenvalue weighted by Crippen LogP contribution is 2.62. The minimum Gasteiger partial charge on any atom is -0.426 e. The minimum atomic E-state index is -0.250. The van der Waals surface area contributed by atoms with Crippen molar-refractivity contribution in [3.63, 3.8) is 0 Å². The third kappa shape index (κ3) is 5.43. The number of nitrogens with one attached hydrogen (secondary N) is 1. The summed E-state index contributed by atoms with van der Waals surface area (Å²) in [5, 5.41) is 3.57. The van der Waals surface area contributed by atoms with Gasteiger partial charge in [0, 0.05) is 29.3 Å². The molecule has 2 aromatic rings. The van der Waals surface area contributed by atoms with Crippen LogP contribution in [0.5, 0.6) is 5.75 Å². The van der Waals surface area contributed by atoms with Crippen LogP contribution in [0, 0.1) is 30.1 Å². The van der Waals surface area contributed by atoms with Gasteiger partial charge in [-0.05, 0) is 106 Å². The molecule has 2 saturated carbocycles. The first-order valence-electron chi connectivity index (χ1n) is 13.9. The number of ether oxygens (including phenoxy) is 1. The number of anilines is 1. The zero-order chi connectivity index (χ0) is 27.0.